The van der Waals surface area contributed by atoms with Crippen LogP contribution in [0, 0.1) is 10.7 Å². The van der Waals surface area contributed by atoms with Gasteiger partial charge in [0.05, 0.1) is 0 Å². The van der Waals surface area contributed by atoms with Gasteiger partial charge in [0, 0.05) is 16.6 Å². The Kier molecular flexibility index (Phi) is 3.79. The quantitative estimate of drug-likeness (QED) is 0.868. The molecule has 3 nitrogen and oxygen atoms in total. The van der Waals surface area contributed by atoms with E-state index in [4.69, 9.17) is 12.2 Å². The Morgan fingerprint density at radius 3 is 2.88 bits per heavy atom. The topological polar surface area (TPSA) is 33.6 Å². The molecule has 0 unspecified atom stereocenters. The predicted molar refractivity (Wildman–Crippen MR) is 75.4 cm³/mol. The third-order valence-electron chi connectivity index (χ3n) is 2.39. The highest BCUT2D eigenvalue weighted by atomic mass is 79.9. The van der Waals surface area contributed by atoms with Crippen molar-refractivity contribution in [2.45, 2.75) is 20.4 Å². The summed E-state index contributed by atoms with van der Waals surface area (Å²) >= 11 is 8.73. The first-order valence-electron chi connectivity index (χ1n) is 5.49. The van der Waals surface area contributed by atoms with Gasteiger partial charge < -0.3 is 0 Å². The number of nitrogens with zero attached hydrogens (tertiary/aromatic N) is 2. The fraction of sp³-hybridized carbons (Fsp3) is 0.333. The molecule has 0 amide bonds. The fourth-order valence-corrected chi connectivity index (χ4v) is 2.31. The number of H-pyrrole nitrogens is 1. The van der Waals surface area contributed by atoms with Crippen LogP contribution in [0.25, 0.3) is 11.4 Å². The number of rotatable bonds is 3. The Morgan fingerprint density at radius 1 is 1.47 bits per heavy atom. The molecule has 2 rings (SSSR count). The minimum absolute atomic E-state index is 0.533. The second kappa shape index (κ2) is 5.14. The van der Waals surface area contributed by atoms with Gasteiger partial charge in [-0.05, 0) is 30.3 Å². The normalized spacial score (nSPS) is 11.1. The van der Waals surface area contributed by atoms with Crippen molar-refractivity contribution in [2.75, 3.05) is 0 Å². The van der Waals surface area contributed by atoms with Crippen LogP contribution in [0.2, 0.25) is 0 Å². The van der Waals surface area contributed by atoms with E-state index in [0.29, 0.717) is 10.7 Å². The van der Waals surface area contributed by atoms with Crippen LogP contribution in [0.5, 0.6) is 0 Å². The molecule has 5 heteroatoms. The molecule has 1 heterocycles. The van der Waals surface area contributed by atoms with Crippen LogP contribution in [0.4, 0.5) is 0 Å². The van der Waals surface area contributed by atoms with E-state index in [1.54, 1.807) is 0 Å². The van der Waals surface area contributed by atoms with E-state index in [1.165, 1.54) is 0 Å². The van der Waals surface area contributed by atoms with Gasteiger partial charge in [-0.1, -0.05) is 41.9 Å². The first kappa shape index (κ1) is 12.5. The first-order chi connectivity index (χ1) is 8.08. The summed E-state index contributed by atoms with van der Waals surface area (Å²) in [5, 5.41) is 7.17. The Balaban J connectivity index is 2.49. The molecule has 0 radical (unpaired) electrons. The summed E-state index contributed by atoms with van der Waals surface area (Å²) < 4.78 is 3.76. The molecule has 1 aromatic heterocycles. The largest absolute Gasteiger partial charge is 0.300 e. The highest BCUT2D eigenvalue weighted by Crippen LogP contribution is 2.22. The first-order valence-corrected chi connectivity index (χ1v) is 6.69. The molecular formula is C12H14BrN3S. The molecule has 0 bridgehead atoms. The lowest BCUT2D eigenvalue weighted by atomic mass is 10.2. The Bertz CT molecular complexity index is 571. The molecule has 0 aliphatic rings. The lowest BCUT2D eigenvalue weighted by molar-refractivity contribution is 0.521. The molecule has 0 fully saturated rings. The summed E-state index contributed by atoms with van der Waals surface area (Å²) in [5.41, 5.74) is 1.06. The van der Waals surface area contributed by atoms with E-state index in [1.807, 2.05) is 28.8 Å². The number of aromatic amines is 1. The Hall–Kier alpha value is -0.940. The highest BCUT2D eigenvalue weighted by molar-refractivity contribution is 9.10. The van der Waals surface area contributed by atoms with Gasteiger partial charge in [0.15, 0.2) is 10.6 Å². The molecule has 0 spiro atoms. The van der Waals surface area contributed by atoms with Gasteiger partial charge in [-0.25, -0.2) is 0 Å². The van der Waals surface area contributed by atoms with Gasteiger partial charge in [0.2, 0.25) is 0 Å². The molecule has 1 N–H and O–H groups in total. The van der Waals surface area contributed by atoms with E-state index >= 15 is 0 Å². The molecule has 90 valence electrons. The summed E-state index contributed by atoms with van der Waals surface area (Å²) in [7, 11) is 0. The Labute approximate surface area is 114 Å². The molecular weight excluding hydrogens is 298 g/mol. The van der Waals surface area contributed by atoms with E-state index in [2.05, 4.69) is 40.0 Å². The monoisotopic (exact) mass is 311 g/mol. The van der Waals surface area contributed by atoms with Crippen LogP contribution in [-0.2, 0) is 6.54 Å². The Morgan fingerprint density at radius 2 is 2.24 bits per heavy atom. The SMILES string of the molecule is CC(C)Cn1c(-c2cccc(Br)c2)n[nH]c1=S. The molecule has 0 saturated carbocycles. The minimum atomic E-state index is 0.533. The number of hydrogen-bond acceptors (Lipinski definition) is 2. The van der Waals surface area contributed by atoms with Gasteiger partial charge in [-0.2, -0.15) is 5.10 Å². The van der Waals surface area contributed by atoms with Crippen molar-refractivity contribution in [1.29, 1.82) is 0 Å². The smallest absolute Gasteiger partial charge is 0.195 e. The predicted octanol–water partition coefficient (Wildman–Crippen LogP) is 4.03. The van der Waals surface area contributed by atoms with Crippen molar-refractivity contribution in [1.82, 2.24) is 14.8 Å². The maximum atomic E-state index is 5.26. The zero-order valence-corrected chi connectivity index (χ0v) is 12.2. The fourth-order valence-electron chi connectivity index (χ4n) is 1.70. The van der Waals surface area contributed by atoms with Crippen LogP contribution in [0.1, 0.15) is 13.8 Å². The maximum Gasteiger partial charge on any atom is 0.195 e. The van der Waals surface area contributed by atoms with Crippen molar-refractivity contribution in [3.8, 4) is 11.4 Å². The third kappa shape index (κ3) is 2.84. The van der Waals surface area contributed by atoms with Crippen molar-refractivity contribution < 1.29 is 0 Å². The second-order valence-corrected chi connectivity index (χ2v) is 5.67. The number of nitrogens with one attached hydrogen (secondary N) is 1. The summed E-state index contributed by atoms with van der Waals surface area (Å²) in [6.07, 6.45) is 0. The van der Waals surface area contributed by atoms with Crippen molar-refractivity contribution >= 4 is 28.1 Å². The molecule has 0 atom stereocenters. The molecule has 0 saturated heterocycles. The number of hydrogen-bond donors (Lipinski definition) is 1. The lowest BCUT2D eigenvalue weighted by Gasteiger charge is -2.09. The molecule has 1 aromatic carbocycles. The highest BCUT2D eigenvalue weighted by Gasteiger charge is 2.10. The van der Waals surface area contributed by atoms with Crippen molar-refractivity contribution in [3.63, 3.8) is 0 Å². The van der Waals surface area contributed by atoms with Crippen LogP contribution in [-0.4, -0.2) is 14.8 Å². The molecule has 17 heavy (non-hydrogen) atoms. The summed E-state index contributed by atoms with van der Waals surface area (Å²) in [4.78, 5) is 0. The lowest BCUT2D eigenvalue weighted by Crippen LogP contribution is -2.06. The van der Waals surface area contributed by atoms with E-state index in [0.717, 1.165) is 22.4 Å². The maximum absolute atomic E-state index is 5.26. The second-order valence-electron chi connectivity index (χ2n) is 4.37. The van der Waals surface area contributed by atoms with Gasteiger partial charge in [-0.15, -0.1) is 0 Å². The average Bonchev–Trinajstić information content (AvgIpc) is 2.60. The van der Waals surface area contributed by atoms with E-state index in [-0.39, 0.29) is 0 Å². The van der Waals surface area contributed by atoms with Crippen LogP contribution in [0.3, 0.4) is 0 Å². The molecule has 2 aromatic rings. The van der Waals surface area contributed by atoms with Gasteiger partial charge in [-0.3, -0.25) is 9.67 Å². The van der Waals surface area contributed by atoms with Crippen LogP contribution >= 0.6 is 28.1 Å². The van der Waals surface area contributed by atoms with Gasteiger partial charge >= 0.3 is 0 Å². The van der Waals surface area contributed by atoms with Gasteiger partial charge in [0.25, 0.3) is 0 Å². The van der Waals surface area contributed by atoms with Crippen molar-refractivity contribution in [2.24, 2.45) is 5.92 Å². The van der Waals surface area contributed by atoms with E-state index < -0.39 is 0 Å². The summed E-state index contributed by atoms with van der Waals surface area (Å²) in [6, 6.07) is 8.07. The number of benzene rings is 1. The number of halogens is 1. The zero-order chi connectivity index (χ0) is 12.4. The van der Waals surface area contributed by atoms with Gasteiger partial charge in [0.1, 0.15) is 0 Å². The number of aromatic nitrogens is 3. The van der Waals surface area contributed by atoms with E-state index in [9.17, 15) is 0 Å². The van der Waals surface area contributed by atoms with Crippen LogP contribution < -0.4 is 0 Å². The summed E-state index contributed by atoms with van der Waals surface area (Å²) in [6.45, 7) is 5.20. The zero-order valence-electron chi connectivity index (χ0n) is 9.77. The van der Waals surface area contributed by atoms with Crippen molar-refractivity contribution in [3.05, 3.63) is 33.5 Å². The minimum Gasteiger partial charge on any atom is -0.300 e. The molecule has 0 aliphatic carbocycles. The van der Waals surface area contributed by atoms with Crippen LogP contribution in [0.15, 0.2) is 28.7 Å². The third-order valence-corrected chi connectivity index (χ3v) is 3.19. The summed E-state index contributed by atoms with van der Waals surface area (Å²) in [5.74, 6) is 1.43. The standard InChI is InChI=1S/C12H14BrN3S/c1-8(2)7-16-11(14-15-12(16)17)9-4-3-5-10(13)6-9/h3-6,8H,7H2,1-2H3,(H,15,17). The average molecular weight is 312 g/mol. The molecule has 0 aliphatic heterocycles.